The van der Waals surface area contributed by atoms with Gasteiger partial charge in [-0.3, -0.25) is 19.5 Å². The van der Waals surface area contributed by atoms with Crippen LogP contribution in [0.4, 0.5) is 10.5 Å². The van der Waals surface area contributed by atoms with E-state index in [-0.39, 0.29) is 22.2 Å². The molecule has 7 nitrogen and oxygen atoms in total. The molecule has 7 heteroatoms. The summed E-state index contributed by atoms with van der Waals surface area (Å²) in [6.07, 6.45) is 1.04. The first kappa shape index (κ1) is 14.7. The highest BCUT2D eigenvalue weighted by Gasteiger charge is 2.24. The number of ether oxygens (including phenoxy) is 1. The van der Waals surface area contributed by atoms with Crippen LogP contribution >= 0.6 is 0 Å². The van der Waals surface area contributed by atoms with Gasteiger partial charge in [0.05, 0.1) is 15.8 Å². The number of hydrogen-bond acceptors (Lipinski definition) is 5. The molecule has 0 fully saturated rings. The fourth-order valence-electron chi connectivity index (χ4n) is 2.00. The number of fused-ring (bicyclic) bond motifs is 1. The first-order valence-corrected chi connectivity index (χ1v) is 6.21. The predicted octanol–water partition coefficient (Wildman–Crippen LogP) is 3.15. The van der Waals surface area contributed by atoms with Crippen LogP contribution in [0.2, 0.25) is 0 Å². The van der Waals surface area contributed by atoms with E-state index < -0.39 is 16.6 Å². The van der Waals surface area contributed by atoms with E-state index in [4.69, 9.17) is 4.74 Å². The van der Waals surface area contributed by atoms with Gasteiger partial charge in [-0.05, 0) is 26.8 Å². The molecule has 0 aliphatic rings. The van der Waals surface area contributed by atoms with Crippen LogP contribution in [-0.2, 0) is 4.74 Å². The van der Waals surface area contributed by atoms with Gasteiger partial charge in [0.2, 0.25) is 0 Å². The summed E-state index contributed by atoms with van der Waals surface area (Å²) in [5.41, 5.74) is -0.601. The zero-order valence-corrected chi connectivity index (χ0v) is 11.8. The molecule has 1 heterocycles. The number of aromatic nitrogens is 1. The van der Waals surface area contributed by atoms with Gasteiger partial charge in [-0.25, -0.2) is 4.79 Å². The number of non-ortho nitro benzene ring substituents is 1. The number of benzene rings is 1. The topological polar surface area (TPSA) is 91.4 Å². The molecule has 0 saturated heterocycles. The van der Waals surface area contributed by atoms with Gasteiger partial charge in [-0.2, -0.15) is 0 Å². The van der Waals surface area contributed by atoms with Crippen LogP contribution in [0, 0.1) is 10.1 Å². The Morgan fingerprint density at radius 2 is 2.05 bits per heavy atom. The lowest BCUT2D eigenvalue weighted by molar-refractivity contribution is -0.383. The predicted molar refractivity (Wildman–Crippen MR) is 75.6 cm³/mol. The molecule has 2 aromatic rings. The molecule has 0 bridgehead atoms. The lowest BCUT2D eigenvalue weighted by Gasteiger charge is -2.19. The van der Waals surface area contributed by atoms with Gasteiger partial charge < -0.3 is 4.74 Å². The average molecular weight is 290 g/mol. The Hall–Kier alpha value is -2.70. The molecule has 0 atom stereocenters. The molecule has 110 valence electrons. The smallest absolute Gasteiger partial charge is 0.419 e. The molecule has 0 unspecified atom stereocenters. The Morgan fingerprint density at radius 3 is 2.57 bits per heavy atom. The maximum absolute atomic E-state index is 12.1. The third-order valence-corrected chi connectivity index (χ3v) is 2.75. The van der Waals surface area contributed by atoms with E-state index in [0.29, 0.717) is 6.29 Å². The summed E-state index contributed by atoms with van der Waals surface area (Å²) >= 11 is 0. The van der Waals surface area contributed by atoms with Crippen molar-refractivity contribution in [2.45, 2.75) is 26.4 Å². The van der Waals surface area contributed by atoms with Crippen molar-refractivity contribution in [3.8, 4) is 0 Å². The molecule has 0 amide bonds. The Kier molecular flexibility index (Phi) is 3.51. The van der Waals surface area contributed by atoms with Crippen LogP contribution in [0.3, 0.4) is 0 Å². The normalized spacial score (nSPS) is 11.4. The van der Waals surface area contributed by atoms with Crippen molar-refractivity contribution >= 4 is 29.0 Å². The minimum atomic E-state index is -0.713. The van der Waals surface area contributed by atoms with Crippen molar-refractivity contribution < 1.29 is 19.2 Å². The Labute approximate surface area is 120 Å². The maximum Gasteiger partial charge on any atom is 0.419 e. The van der Waals surface area contributed by atoms with E-state index in [0.717, 1.165) is 4.57 Å². The van der Waals surface area contributed by atoms with E-state index in [1.54, 1.807) is 20.8 Å². The highest BCUT2D eigenvalue weighted by Crippen LogP contribution is 2.30. The Bertz CT molecular complexity index is 740. The lowest BCUT2D eigenvalue weighted by atomic mass is 10.1. The first-order chi connectivity index (χ1) is 9.74. The van der Waals surface area contributed by atoms with Crippen LogP contribution in [0.5, 0.6) is 0 Å². The summed E-state index contributed by atoms with van der Waals surface area (Å²) in [4.78, 5) is 33.7. The molecule has 2 rings (SSSR count). The van der Waals surface area contributed by atoms with Crippen molar-refractivity contribution in [2.24, 2.45) is 0 Å². The number of nitrogens with zero attached hydrogens (tertiary/aromatic N) is 2. The van der Waals surface area contributed by atoms with Crippen LogP contribution in [0.1, 0.15) is 31.1 Å². The molecular weight excluding hydrogens is 276 g/mol. The van der Waals surface area contributed by atoms with E-state index >= 15 is 0 Å². The molecule has 1 aromatic carbocycles. The van der Waals surface area contributed by atoms with Crippen LogP contribution in [-0.4, -0.2) is 27.5 Å². The number of rotatable bonds is 2. The number of nitro groups is 1. The standard InChI is InChI=1S/C14H14N2O5/c1-14(2,3)21-13(18)15-7-9(8-17)12-10(15)5-4-6-11(12)16(19)20/h4-8H,1-3H3. The van der Waals surface area contributed by atoms with Gasteiger partial charge in [0.1, 0.15) is 5.60 Å². The fourth-order valence-corrected chi connectivity index (χ4v) is 2.00. The Balaban J connectivity index is 2.67. The van der Waals surface area contributed by atoms with Crippen LogP contribution < -0.4 is 0 Å². The highest BCUT2D eigenvalue weighted by atomic mass is 16.6. The highest BCUT2D eigenvalue weighted by molar-refractivity contribution is 6.05. The SMILES string of the molecule is CC(C)(C)OC(=O)n1cc(C=O)c2c([N+](=O)[O-])cccc21. The van der Waals surface area contributed by atoms with Crippen LogP contribution in [0.25, 0.3) is 10.9 Å². The monoisotopic (exact) mass is 290 g/mol. The zero-order valence-electron chi connectivity index (χ0n) is 11.8. The van der Waals surface area contributed by atoms with Gasteiger partial charge in [0.15, 0.2) is 6.29 Å². The lowest BCUT2D eigenvalue weighted by Crippen LogP contribution is -2.26. The molecule has 0 radical (unpaired) electrons. The van der Waals surface area contributed by atoms with Crippen LogP contribution in [0.15, 0.2) is 24.4 Å². The minimum absolute atomic E-state index is 0.0724. The van der Waals surface area contributed by atoms with E-state index in [2.05, 4.69) is 0 Å². The second kappa shape index (κ2) is 5.01. The second-order valence-electron chi connectivity index (χ2n) is 5.48. The van der Waals surface area contributed by atoms with Gasteiger partial charge >= 0.3 is 6.09 Å². The third kappa shape index (κ3) is 2.76. The molecular formula is C14H14N2O5. The summed E-state index contributed by atoms with van der Waals surface area (Å²) in [7, 11) is 0. The van der Waals surface area contributed by atoms with E-state index in [9.17, 15) is 19.7 Å². The largest absolute Gasteiger partial charge is 0.443 e. The molecule has 21 heavy (non-hydrogen) atoms. The first-order valence-electron chi connectivity index (χ1n) is 6.21. The maximum atomic E-state index is 12.1. The van der Waals surface area contributed by atoms with Crippen molar-refractivity contribution in [1.82, 2.24) is 4.57 Å². The summed E-state index contributed by atoms with van der Waals surface area (Å²) in [5, 5.41) is 11.2. The summed E-state index contributed by atoms with van der Waals surface area (Å²) in [6, 6.07) is 4.27. The van der Waals surface area contributed by atoms with Gasteiger partial charge in [-0.1, -0.05) is 6.07 Å². The summed E-state index contributed by atoms with van der Waals surface area (Å²) in [5.74, 6) is 0. The van der Waals surface area contributed by atoms with Gasteiger partial charge in [0.25, 0.3) is 5.69 Å². The van der Waals surface area contributed by atoms with Crippen molar-refractivity contribution in [3.63, 3.8) is 0 Å². The van der Waals surface area contributed by atoms with E-state index in [1.165, 1.54) is 24.4 Å². The van der Waals surface area contributed by atoms with Crippen molar-refractivity contribution in [3.05, 3.63) is 40.1 Å². The number of carbonyl (C=O) groups is 2. The summed E-state index contributed by atoms with van der Waals surface area (Å²) in [6.45, 7) is 5.12. The molecule has 0 spiro atoms. The van der Waals surface area contributed by atoms with Gasteiger partial charge in [0, 0.05) is 17.8 Å². The molecule has 0 saturated carbocycles. The molecule has 1 aromatic heterocycles. The third-order valence-electron chi connectivity index (χ3n) is 2.75. The fraction of sp³-hybridized carbons (Fsp3) is 0.286. The van der Waals surface area contributed by atoms with E-state index in [1.807, 2.05) is 0 Å². The average Bonchev–Trinajstić information content (AvgIpc) is 2.75. The Morgan fingerprint density at radius 1 is 1.38 bits per heavy atom. The minimum Gasteiger partial charge on any atom is -0.443 e. The molecule has 0 aliphatic heterocycles. The number of carbonyl (C=O) groups excluding carboxylic acids is 2. The quantitative estimate of drug-likeness (QED) is 0.481. The number of nitro benzene ring substituents is 1. The molecule has 0 aliphatic carbocycles. The summed E-state index contributed by atoms with van der Waals surface area (Å²) < 4.78 is 6.34. The number of hydrogen-bond donors (Lipinski definition) is 0. The number of aldehydes is 1. The van der Waals surface area contributed by atoms with Gasteiger partial charge in [-0.15, -0.1) is 0 Å². The second-order valence-corrected chi connectivity index (χ2v) is 5.48. The molecule has 0 N–H and O–H groups in total. The zero-order chi connectivity index (χ0) is 15.8. The van der Waals surface area contributed by atoms with Crippen molar-refractivity contribution in [1.29, 1.82) is 0 Å². The van der Waals surface area contributed by atoms with Crippen molar-refractivity contribution in [2.75, 3.05) is 0 Å².